The summed E-state index contributed by atoms with van der Waals surface area (Å²) in [5.41, 5.74) is 6.43. The first-order valence-electron chi connectivity index (χ1n) is 14.5. The van der Waals surface area contributed by atoms with Gasteiger partial charge in [0.1, 0.15) is 0 Å². The first-order valence-corrected chi connectivity index (χ1v) is 14.5. The largest absolute Gasteiger partial charge is 0.393 e. The smallest absolute Gasteiger partial charge is 0.280 e. The Labute approximate surface area is 238 Å². The van der Waals surface area contributed by atoms with Gasteiger partial charge in [0.05, 0.1) is 29.0 Å². The molecule has 41 heavy (non-hydrogen) atoms. The molecular weight excluding hydrogens is 518 g/mol. The molecule has 2 N–H and O–H groups in total. The summed E-state index contributed by atoms with van der Waals surface area (Å²) in [7, 11) is 1.85. The summed E-state index contributed by atoms with van der Waals surface area (Å²) in [6.07, 6.45) is 8.28. The number of rotatable bonds is 4. The number of imidazole rings is 1. The van der Waals surface area contributed by atoms with Gasteiger partial charge in [0.15, 0.2) is 0 Å². The molecule has 0 bridgehead atoms. The lowest BCUT2D eigenvalue weighted by molar-refractivity contribution is -0.129. The van der Waals surface area contributed by atoms with E-state index in [0.717, 1.165) is 73.9 Å². The van der Waals surface area contributed by atoms with E-state index in [1.165, 1.54) is 5.56 Å². The van der Waals surface area contributed by atoms with Crippen molar-refractivity contribution in [1.29, 1.82) is 0 Å². The molecule has 10 nitrogen and oxygen atoms in total. The second-order valence-corrected chi connectivity index (χ2v) is 11.5. The van der Waals surface area contributed by atoms with Gasteiger partial charge >= 0.3 is 0 Å². The van der Waals surface area contributed by atoms with Crippen molar-refractivity contribution >= 4 is 22.8 Å². The maximum Gasteiger partial charge on any atom is 0.280 e. The van der Waals surface area contributed by atoms with Crippen molar-refractivity contribution in [2.45, 2.75) is 70.4 Å². The van der Waals surface area contributed by atoms with E-state index in [1.807, 2.05) is 25.1 Å². The summed E-state index contributed by atoms with van der Waals surface area (Å²) in [6, 6.07) is 10.2. The molecule has 0 atom stereocenters. The number of amides is 2. The zero-order valence-corrected chi connectivity index (χ0v) is 23.9. The minimum atomic E-state index is -0.339. The fourth-order valence-corrected chi connectivity index (χ4v) is 6.36. The molecule has 1 aliphatic carbocycles. The van der Waals surface area contributed by atoms with E-state index in [4.69, 9.17) is 0 Å². The third-order valence-corrected chi connectivity index (χ3v) is 8.61. The number of aryl methyl sites for hydroxylation is 2. The second kappa shape index (κ2) is 11.1. The van der Waals surface area contributed by atoms with Gasteiger partial charge in [-0.3, -0.25) is 19.3 Å². The van der Waals surface area contributed by atoms with E-state index < -0.39 is 0 Å². The highest BCUT2D eigenvalue weighted by molar-refractivity contribution is 5.96. The zero-order chi connectivity index (χ0) is 28.7. The Bertz CT molecular complexity index is 1660. The number of likely N-dealkylation sites (tertiary alicyclic amines) is 1. The number of pyridine rings is 1. The number of nitrogens with zero attached hydrogens (tertiary/aromatic N) is 6. The van der Waals surface area contributed by atoms with E-state index in [0.29, 0.717) is 22.8 Å². The lowest BCUT2D eigenvalue weighted by Crippen LogP contribution is -2.36. The Hall–Kier alpha value is -4.05. The van der Waals surface area contributed by atoms with Crippen LogP contribution < -0.4 is 5.62 Å². The highest BCUT2D eigenvalue weighted by atomic mass is 16.3. The fraction of sp³-hybridized carbons (Fsp3) is 0.452. The molecule has 1 aromatic carbocycles. The third kappa shape index (κ3) is 5.61. The van der Waals surface area contributed by atoms with E-state index in [2.05, 4.69) is 42.8 Å². The van der Waals surface area contributed by atoms with Gasteiger partial charge in [-0.05, 0) is 81.2 Å². The van der Waals surface area contributed by atoms with Crippen LogP contribution in [0.5, 0.6) is 0 Å². The number of carbonyl (C=O) groups is 2. The molecule has 1 saturated carbocycles. The number of fused-ring (bicyclic) bond motifs is 1. The molecule has 10 heteroatoms. The maximum atomic E-state index is 13.6. The second-order valence-electron chi connectivity index (χ2n) is 11.5. The summed E-state index contributed by atoms with van der Waals surface area (Å²) >= 11 is 0. The van der Waals surface area contributed by atoms with Crippen molar-refractivity contribution in [3.05, 3.63) is 65.2 Å². The van der Waals surface area contributed by atoms with Crippen LogP contribution in [0.3, 0.4) is 0 Å². The van der Waals surface area contributed by atoms with Gasteiger partial charge in [0, 0.05) is 56.1 Å². The van der Waals surface area contributed by atoms with Crippen LogP contribution in [0.15, 0.2) is 47.7 Å². The standard InChI is InChI=1S/C31H37N7O3/c1-19-14-23(16-27(33-19)24-17-32-36(3)18-24)30(41)35-31-34-28-15-22(21-10-12-37(13-11-21)20(2)39)4-9-29(28)38(31)25-5-7-26(40)8-6-25/h4,9,14-18,21,25-26,40H,5-8,10-13H2,1-3H3,(H,34,35,41)/t25-,26+. The Morgan fingerprint density at radius 3 is 2.49 bits per heavy atom. The first kappa shape index (κ1) is 27.1. The molecule has 214 valence electrons. The topological polar surface area (TPSA) is 121 Å². The van der Waals surface area contributed by atoms with Gasteiger partial charge in [0.2, 0.25) is 11.5 Å². The molecule has 0 spiro atoms. The molecule has 2 amide bonds. The van der Waals surface area contributed by atoms with Crippen LogP contribution in [0.2, 0.25) is 0 Å². The van der Waals surface area contributed by atoms with E-state index in [1.54, 1.807) is 29.9 Å². The lowest BCUT2D eigenvalue weighted by atomic mass is 9.89. The Kier molecular flexibility index (Phi) is 7.33. The summed E-state index contributed by atoms with van der Waals surface area (Å²) < 4.78 is 3.86. The molecule has 0 unspecified atom stereocenters. The number of hydrogen-bond acceptors (Lipinski definition) is 5. The molecule has 2 aliphatic rings. The van der Waals surface area contributed by atoms with Gasteiger partial charge in [-0.25, -0.2) is 0 Å². The van der Waals surface area contributed by atoms with Crippen LogP contribution in [-0.4, -0.2) is 65.3 Å². The molecule has 3 aromatic heterocycles. The highest BCUT2D eigenvalue weighted by Gasteiger charge is 2.26. The minimum absolute atomic E-state index is 0.133. The lowest BCUT2D eigenvalue weighted by Gasteiger charge is -2.31. The van der Waals surface area contributed by atoms with Crippen LogP contribution in [-0.2, 0) is 11.8 Å². The van der Waals surface area contributed by atoms with Crippen molar-refractivity contribution in [2.24, 2.45) is 12.0 Å². The quantitative estimate of drug-likeness (QED) is 0.394. The molecule has 4 heterocycles. The minimum Gasteiger partial charge on any atom is -0.393 e. The van der Waals surface area contributed by atoms with Crippen molar-refractivity contribution in [3.8, 4) is 11.3 Å². The van der Waals surface area contributed by atoms with Crippen LogP contribution in [0.1, 0.15) is 79.0 Å². The SMILES string of the molecule is CC(=O)N1CCC(c2ccc3c(c2)[nH]/c(=N\C(=O)c2cc(C)nc(-c4cnn(C)c4)c2)n3[C@H]2CC[C@@H](O)CC2)CC1. The maximum absolute atomic E-state index is 13.6. The molecule has 6 rings (SSSR count). The predicted octanol–water partition coefficient (Wildman–Crippen LogP) is 4.02. The van der Waals surface area contributed by atoms with Crippen molar-refractivity contribution in [1.82, 2.24) is 29.2 Å². The number of nitrogens with one attached hydrogen (secondary N) is 1. The van der Waals surface area contributed by atoms with Crippen LogP contribution in [0.4, 0.5) is 0 Å². The number of aromatic amines is 1. The molecular formula is C31H37N7O3. The van der Waals surface area contributed by atoms with Gasteiger partial charge in [0.25, 0.3) is 5.91 Å². The molecule has 4 aromatic rings. The number of piperidine rings is 1. The fourth-order valence-electron chi connectivity index (χ4n) is 6.36. The number of benzene rings is 1. The van der Waals surface area contributed by atoms with E-state index in [-0.39, 0.29) is 24.0 Å². The van der Waals surface area contributed by atoms with Crippen molar-refractivity contribution in [3.63, 3.8) is 0 Å². The number of aliphatic hydroxyl groups excluding tert-OH is 1. The predicted molar refractivity (Wildman–Crippen MR) is 155 cm³/mol. The number of aliphatic hydroxyl groups is 1. The van der Waals surface area contributed by atoms with Gasteiger partial charge in [-0.1, -0.05) is 6.07 Å². The summed E-state index contributed by atoms with van der Waals surface area (Å²) in [5, 5.41) is 14.4. The molecule has 1 saturated heterocycles. The number of carbonyl (C=O) groups excluding carboxylic acids is 2. The number of H-pyrrole nitrogens is 1. The van der Waals surface area contributed by atoms with Crippen LogP contribution >= 0.6 is 0 Å². The van der Waals surface area contributed by atoms with Crippen molar-refractivity contribution < 1.29 is 14.7 Å². The molecule has 2 fully saturated rings. The average Bonchev–Trinajstić information content (AvgIpc) is 3.56. The zero-order valence-electron chi connectivity index (χ0n) is 23.9. The van der Waals surface area contributed by atoms with Crippen LogP contribution in [0.25, 0.3) is 22.3 Å². The molecule has 0 radical (unpaired) electrons. The van der Waals surface area contributed by atoms with E-state index >= 15 is 0 Å². The van der Waals surface area contributed by atoms with Crippen LogP contribution in [0, 0.1) is 6.92 Å². The Balaban J connectivity index is 1.38. The number of aromatic nitrogens is 5. The monoisotopic (exact) mass is 555 g/mol. The van der Waals surface area contributed by atoms with Gasteiger partial charge < -0.3 is 19.6 Å². The number of hydrogen-bond donors (Lipinski definition) is 2. The summed E-state index contributed by atoms with van der Waals surface area (Å²) in [5.74, 6) is 0.174. The van der Waals surface area contributed by atoms with Crippen molar-refractivity contribution in [2.75, 3.05) is 13.1 Å². The highest BCUT2D eigenvalue weighted by Crippen LogP contribution is 2.33. The average molecular weight is 556 g/mol. The van der Waals surface area contributed by atoms with Gasteiger partial charge in [-0.2, -0.15) is 10.1 Å². The van der Waals surface area contributed by atoms with Gasteiger partial charge in [-0.15, -0.1) is 0 Å². The Morgan fingerprint density at radius 1 is 1.05 bits per heavy atom. The summed E-state index contributed by atoms with van der Waals surface area (Å²) in [6.45, 7) is 5.05. The van der Waals surface area contributed by atoms with E-state index in [9.17, 15) is 14.7 Å². The normalized spacial score (nSPS) is 20.6. The Morgan fingerprint density at radius 2 is 1.80 bits per heavy atom. The third-order valence-electron chi connectivity index (χ3n) is 8.61. The summed E-state index contributed by atoms with van der Waals surface area (Å²) in [4.78, 5) is 40.0. The molecule has 1 aliphatic heterocycles. The first-order chi connectivity index (χ1) is 19.7.